The Labute approximate surface area is 113 Å². The van der Waals surface area contributed by atoms with Gasteiger partial charge in [-0.2, -0.15) is 0 Å². The topological polar surface area (TPSA) is 59.1 Å². The molecule has 0 spiro atoms. The summed E-state index contributed by atoms with van der Waals surface area (Å²) >= 11 is 5.95. The second-order valence-electron chi connectivity index (χ2n) is 5.35. The number of aliphatic hydroxyl groups is 1. The molecule has 0 atom stereocenters. The van der Waals surface area contributed by atoms with Gasteiger partial charge in [0.05, 0.1) is 10.6 Å². The molecular formula is C14H21ClN2O. The van der Waals surface area contributed by atoms with Crippen LogP contribution in [0.15, 0.2) is 12.3 Å². The number of nitrogens with zero attached hydrogens (tertiary/aromatic N) is 1. The molecule has 0 amide bonds. The van der Waals surface area contributed by atoms with E-state index >= 15 is 0 Å². The van der Waals surface area contributed by atoms with Crippen molar-refractivity contribution < 1.29 is 5.11 Å². The summed E-state index contributed by atoms with van der Waals surface area (Å²) < 4.78 is 0. The number of hydrogen-bond donors (Lipinski definition) is 2. The van der Waals surface area contributed by atoms with Gasteiger partial charge in [0.25, 0.3) is 0 Å². The Morgan fingerprint density at radius 2 is 2.17 bits per heavy atom. The van der Waals surface area contributed by atoms with Crippen LogP contribution in [0.2, 0.25) is 5.02 Å². The highest BCUT2D eigenvalue weighted by atomic mass is 35.5. The first-order valence-electron chi connectivity index (χ1n) is 6.69. The van der Waals surface area contributed by atoms with Crippen LogP contribution in [0.4, 0.5) is 5.82 Å². The number of rotatable bonds is 3. The fourth-order valence-electron chi connectivity index (χ4n) is 2.94. The summed E-state index contributed by atoms with van der Waals surface area (Å²) in [6, 6.07) is 1.75. The number of nitrogen functional groups attached to an aromatic ring is 1. The zero-order chi connectivity index (χ0) is 13.2. The lowest BCUT2D eigenvalue weighted by molar-refractivity contribution is -0.0147. The Hall–Kier alpha value is -0.800. The molecule has 0 aromatic carbocycles. The van der Waals surface area contributed by atoms with Gasteiger partial charge in [-0.1, -0.05) is 31.4 Å². The summed E-state index contributed by atoms with van der Waals surface area (Å²) in [5, 5.41) is 11.3. The van der Waals surface area contributed by atoms with E-state index in [1.807, 2.05) is 0 Å². The van der Waals surface area contributed by atoms with Crippen LogP contribution >= 0.6 is 11.6 Å². The van der Waals surface area contributed by atoms with E-state index in [1.165, 1.54) is 19.0 Å². The molecule has 2 rings (SSSR count). The number of aromatic nitrogens is 1. The van der Waals surface area contributed by atoms with Gasteiger partial charge in [-0.05, 0) is 37.7 Å². The lowest BCUT2D eigenvalue weighted by atomic mass is 9.74. The quantitative estimate of drug-likeness (QED) is 0.882. The van der Waals surface area contributed by atoms with Crippen LogP contribution in [0.3, 0.4) is 0 Å². The van der Waals surface area contributed by atoms with Gasteiger partial charge in [-0.15, -0.1) is 0 Å². The molecule has 1 heterocycles. The average molecular weight is 269 g/mol. The maximum Gasteiger partial charge on any atom is 0.129 e. The van der Waals surface area contributed by atoms with Crippen molar-refractivity contribution in [3.63, 3.8) is 0 Å². The predicted molar refractivity (Wildman–Crippen MR) is 74.4 cm³/mol. The Kier molecular flexibility index (Phi) is 4.13. The van der Waals surface area contributed by atoms with Crippen molar-refractivity contribution in [3.8, 4) is 0 Å². The molecule has 0 radical (unpaired) electrons. The molecule has 3 N–H and O–H groups in total. The minimum Gasteiger partial charge on any atom is -0.385 e. The van der Waals surface area contributed by atoms with Crippen molar-refractivity contribution in [1.29, 1.82) is 0 Å². The first-order chi connectivity index (χ1) is 8.55. The molecule has 1 fully saturated rings. The Morgan fingerprint density at radius 3 is 2.78 bits per heavy atom. The van der Waals surface area contributed by atoms with Crippen LogP contribution in [-0.4, -0.2) is 10.1 Å². The monoisotopic (exact) mass is 268 g/mol. The van der Waals surface area contributed by atoms with Gasteiger partial charge in [-0.3, -0.25) is 0 Å². The van der Waals surface area contributed by atoms with Gasteiger partial charge < -0.3 is 10.8 Å². The number of hydrogen-bond acceptors (Lipinski definition) is 3. The molecule has 1 aliphatic rings. The number of halogens is 1. The predicted octanol–water partition coefficient (Wildman–Crippen LogP) is 3.50. The fourth-order valence-corrected chi connectivity index (χ4v) is 3.10. The third-order valence-electron chi connectivity index (χ3n) is 4.02. The van der Waals surface area contributed by atoms with Crippen LogP contribution in [0.5, 0.6) is 0 Å². The molecule has 1 saturated carbocycles. The SMILES string of the molecule is CCCC1CCC(O)(c2cc(Cl)cnc2N)CC1. The Balaban J connectivity index is 2.15. The lowest BCUT2D eigenvalue weighted by Crippen LogP contribution is -2.32. The molecule has 100 valence electrons. The number of nitrogens with two attached hydrogens (primary N) is 1. The zero-order valence-corrected chi connectivity index (χ0v) is 11.6. The van der Waals surface area contributed by atoms with Crippen molar-refractivity contribution in [2.45, 2.75) is 51.0 Å². The van der Waals surface area contributed by atoms with Crippen LogP contribution in [0.1, 0.15) is 51.0 Å². The summed E-state index contributed by atoms with van der Waals surface area (Å²) in [6.07, 6.45) is 7.59. The van der Waals surface area contributed by atoms with Gasteiger partial charge in [0.15, 0.2) is 0 Å². The van der Waals surface area contributed by atoms with Gasteiger partial charge in [0, 0.05) is 11.8 Å². The summed E-state index contributed by atoms with van der Waals surface area (Å²) in [4.78, 5) is 4.04. The fraction of sp³-hybridized carbons (Fsp3) is 0.643. The van der Waals surface area contributed by atoms with Gasteiger partial charge in [-0.25, -0.2) is 4.98 Å². The third-order valence-corrected chi connectivity index (χ3v) is 4.22. The molecule has 0 saturated heterocycles. The number of pyridine rings is 1. The summed E-state index contributed by atoms with van der Waals surface area (Å²) in [7, 11) is 0. The van der Waals surface area contributed by atoms with Gasteiger partial charge in [0.2, 0.25) is 0 Å². The molecular weight excluding hydrogens is 248 g/mol. The van der Waals surface area contributed by atoms with Crippen LogP contribution in [-0.2, 0) is 5.60 Å². The minimum atomic E-state index is -0.841. The largest absolute Gasteiger partial charge is 0.385 e. The van der Waals surface area contributed by atoms with E-state index in [9.17, 15) is 5.11 Å². The van der Waals surface area contributed by atoms with Gasteiger partial charge >= 0.3 is 0 Å². The van der Waals surface area contributed by atoms with Crippen molar-refractivity contribution in [1.82, 2.24) is 4.98 Å². The zero-order valence-electron chi connectivity index (χ0n) is 10.8. The molecule has 0 bridgehead atoms. The maximum atomic E-state index is 10.8. The molecule has 1 aromatic rings. The maximum absolute atomic E-state index is 10.8. The highest BCUT2D eigenvalue weighted by molar-refractivity contribution is 6.30. The van der Waals surface area contributed by atoms with Crippen LogP contribution < -0.4 is 5.73 Å². The van der Waals surface area contributed by atoms with Crippen molar-refractivity contribution in [3.05, 3.63) is 22.8 Å². The highest BCUT2D eigenvalue weighted by Crippen LogP contribution is 2.42. The molecule has 0 unspecified atom stereocenters. The first kappa shape index (κ1) is 13.6. The van der Waals surface area contributed by atoms with E-state index < -0.39 is 5.60 Å². The summed E-state index contributed by atoms with van der Waals surface area (Å²) in [6.45, 7) is 2.21. The summed E-state index contributed by atoms with van der Waals surface area (Å²) in [5.41, 5.74) is 5.73. The van der Waals surface area contributed by atoms with Crippen molar-refractivity contribution in [2.75, 3.05) is 5.73 Å². The van der Waals surface area contributed by atoms with Crippen molar-refractivity contribution in [2.24, 2.45) is 5.92 Å². The van der Waals surface area contributed by atoms with E-state index in [4.69, 9.17) is 17.3 Å². The number of anilines is 1. The van der Waals surface area contributed by atoms with Crippen molar-refractivity contribution >= 4 is 17.4 Å². The highest BCUT2D eigenvalue weighted by Gasteiger charge is 2.36. The molecule has 0 aliphatic heterocycles. The third kappa shape index (κ3) is 2.78. The van der Waals surface area contributed by atoms with E-state index in [0.29, 0.717) is 16.4 Å². The Bertz CT molecular complexity index is 414. The molecule has 1 aromatic heterocycles. The van der Waals surface area contributed by atoms with Gasteiger partial charge in [0.1, 0.15) is 5.82 Å². The molecule has 1 aliphatic carbocycles. The Morgan fingerprint density at radius 1 is 1.50 bits per heavy atom. The summed E-state index contributed by atoms with van der Waals surface area (Å²) in [5.74, 6) is 1.14. The normalized spacial score (nSPS) is 28.3. The smallest absolute Gasteiger partial charge is 0.129 e. The minimum absolute atomic E-state index is 0.399. The molecule has 18 heavy (non-hydrogen) atoms. The lowest BCUT2D eigenvalue weighted by Gasteiger charge is -2.36. The average Bonchev–Trinajstić information content (AvgIpc) is 2.36. The van der Waals surface area contributed by atoms with E-state index in [0.717, 1.165) is 31.6 Å². The van der Waals surface area contributed by atoms with Crippen LogP contribution in [0, 0.1) is 5.92 Å². The van der Waals surface area contributed by atoms with E-state index in [2.05, 4.69) is 11.9 Å². The second kappa shape index (κ2) is 5.45. The second-order valence-corrected chi connectivity index (χ2v) is 5.79. The van der Waals surface area contributed by atoms with Crippen LogP contribution in [0.25, 0.3) is 0 Å². The molecule has 3 nitrogen and oxygen atoms in total. The standard InChI is InChI=1S/C14H21ClN2O/c1-2-3-10-4-6-14(18,7-5-10)12-8-11(15)9-17-13(12)16/h8-10,18H,2-7H2,1H3,(H2,16,17). The van der Waals surface area contributed by atoms with E-state index in [-0.39, 0.29) is 0 Å². The molecule has 4 heteroatoms. The van der Waals surface area contributed by atoms with E-state index in [1.54, 1.807) is 6.07 Å². The first-order valence-corrected chi connectivity index (χ1v) is 7.07.